The van der Waals surface area contributed by atoms with E-state index in [2.05, 4.69) is 4.98 Å². The molecule has 0 radical (unpaired) electrons. The fourth-order valence-corrected chi connectivity index (χ4v) is 5.73. The van der Waals surface area contributed by atoms with Crippen LogP contribution in [0.25, 0.3) is 11.0 Å². The summed E-state index contributed by atoms with van der Waals surface area (Å²) < 4.78 is 73.9. The Morgan fingerprint density at radius 3 is 2.41 bits per heavy atom. The maximum atomic E-state index is 13.6. The van der Waals surface area contributed by atoms with Crippen LogP contribution < -0.4 is 4.74 Å². The lowest BCUT2D eigenvalue weighted by Crippen LogP contribution is -2.19. The van der Waals surface area contributed by atoms with E-state index in [-0.39, 0.29) is 26.7 Å². The van der Waals surface area contributed by atoms with Crippen LogP contribution in [0.3, 0.4) is 0 Å². The Balaban J connectivity index is 1.97. The lowest BCUT2D eigenvalue weighted by Gasteiger charge is -2.18. The van der Waals surface area contributed by atoms with Crippen LogP contribution in [-0.2, 0) is 16.2 Å². The number of rotatable bonds is 6. The van der Waals surface area contributed by atoms with Crippen LogP contribution in [0.2, 0.25) is 0 Å². The minimum Gasteiger partial charge on any atom is -0.495 e. The minimum absolute atomic E-state index is 0.00713. The van der Waals surface area contributed by atoms with Crippen LogP contribution in [0.1, 0.15) is 22.9 Å². The van der Waals surface area contributed by atoms with Crippen molar-refractivity contribution in [1.29, 1.82) is 0 Å². The number of aliphatic hydroxyl groups is 1. The number of fused-ring (bicyclic) bond motifs is 1. The van der Waals surface area contributed by atoms with Crippen molar-refractivity contribution >= 4 is 32.8 Å². The summed E-state index contributed by atoms with van der Waals surface area (Å²) in [7, 11) is -2.83. The normalized spacial score (nSPS) is 13.2. The zero-order valence-corrected chi connectivity index (χ0v) is 19.6. The molecule has 1 atom stereocenters. The van der Waals surface area contributed by atoms with E-state index >= 15 is 0 Å². The molecule has 0 aliphatic heterocycles. The highest BCUT2D eigenvalue weighted by molar-refractivity contribution is 7.98. The van der Waals surface area contributed by atoms with Crippen LogP contribution in [0.5, 0.6) is 5.75 Å². The van der Waals surface area contributed by atoms with Crippen molar-refractivity contribution in [1.82, 2.24) is 8.96 Å². The number of aromatic nitrogens is 2. The molecule has 178 valence electrons. The third-order valence-corrected chi connectivity index (χ3v) is 7.77. The van der Waals surface area contributed by atoms with Crippen molar-refractivity contribution in [2.45, 2.75) is 22.1 Å². The first-order valence-electron chi connectivity index (χ1n) is 9.87. The molecule has 2 aromatic carbocycles. The number of pyridine rings is 1. The van der Waals surface area contributed by atoms with Gasteiger partial charge in [0, 0.05) is 10.3 Å². The molecule has 0 amide bonds. The lowest BCUT2D eigenvalue weighted by atomic mass is 10.0. The van der Waals surface area contributed by atoms with Gasteiger partial charge >= 0.3 is 6.18 Å². The number of ether oxygens (including phenoxy) is 1. The number of nitrogens with zero attached hydrogens (tertiary/aromatic N) is 2. The summed E-state index contributed by atoms with van der Waals surface area (Å²) in [4.78, 5) is 4.12. The molecule has 34 heavy (non-hydrogen) atoms. The predicted molar refractivity (Wildman–Crippen MR) is 123 cm³/mol. The molecule has 2 aromatic heterocycles. The van der Waals surface area contributed by atoms with E-state index in [1.54, 1.807) is 18.2 Å². The average molecular weight is 509 g/mol. The van der Waals surface area contributed by atoms with Crippen LogP contribution >= 0.6 is 11.8 Å². The second kappa shape index (κ2) is 8.97. The fourth-order valence-electron chi connectivity index (χ4n) is 3.61. The van der Waals surface area contributed by atoms with E-state index in [4.69, 9.17) is 4.74 Å². The van der Waals surface area contributed by atoms with E-state index in [9.17, 15) is 26.7 Å². The summed E-state index contributed by atoms with van der Waals surface area (Å²) in [5.41, 5.74) is -1.16. The predicted octanol–water partition coefficient (Wildman–Crippen LogP) is 5.10. The molecule has 0 aliphatic carbocycles. The van der Waals surface area contributed by atoms with Gasteiger partial charge in [-0.25, -0.2) is 17.4 Å². The fraction of sp³-hybridized carbons (Fsp3) is 0.174. The standard InChI is InChI=1S/C23H19F3N2O4S2/c1-32-16-10-15-12-19(21(29)14-8-9-20(33-2)18(11-14)23(24,25)26)28(22(15)27-13-16)34(30,31)17-6-4-3-5-7-17/h3-13,21,29H,1-2H3. The molecule has 0 aliphatic rings. The maximum absolute atomic E-state index is 13.6. The third-order valence-electron chi connectivity index (χ3n) is 5.24. The molecule has 0 spiro atoms. The first-order chi connectivity index (χ1) is 16.1. The van der Waals surface area contributed by atoms with Crippen molar-refractivity contribution in [3.05, 3.63) is 83.7 Å². The summed E-state index contributed by atoms with van der Waals surface area (Å²) in [5.74, 6) is 0.353. The summed E-state index contributed by atoms with van der Waals surface area (Å²) in [6, 6.07) is 13.9. The molecule has 11 heteroatoms. The van der Waals surface area contributed by atoms with E-state index in [0.29, 0.717) is 11.1 Å². The zero-order chi connectivity index (χ0) is 24.7. The third kappa shape index (κ3) is 4.26. The molecule has 1 unspecified atom stereocenters. The van der Waals surface area contributed by atoms with E-state index < -0.39 is 27.9 Å². The second-order valence-corrected chi connectivity index (χ2v) is 9.93. The molecular formula is C23H19F3N2O4S2. The Kier molecular flexibility index (Phi) is 6.36. The maximum Gasteiger partial charge on any atom is 0.417 e. The lowest BCUT2D eigenvalue weighted by molar-refractivity contribution is -0.139. The number of hydrogen-bond acceptors (Lipinski definition) is 6. The van der Waals surface area contributed by atoms with Crippen LogP contribution in [-0.4, -0.2) is 35.8 Å². The van der Waals surface area contributed by atoms with Gasteiger partial charge < -0.3 is 9.84 Å². The summed E-state index contributed by atoms with van der Waals surface area (Å²) >= 11 is 0.924. The van der Waals surface area contributed by atoms with Gasteiger partial charge in [0.15, 0.2) is 5.65 Å². The Bertz CT molecular complexity index is 1450. The van der Waals surface area contributed by atoms with Gasteiger partial charge in [0.25, 0.3) is 10.0 Å². The number of hydrogen-bond donors (Lipinski definition) is 1. The topological polar surface area (TPSA) is 81.4 Å². The largest absolute Gasteiger partial charge is 0.495 e. The Labute approximate surface area is 198 Å². The van der Waals surface area contributed by atoms with Crippen molar-refractivity contribution < 1.29 is 31.4 Å². The van der Waals surface area contributed by atoms with Crippen LogP contribution in [0.4, 0.5) is 13.2 Å². The van der Waals surface area contributed by atoms with E-state index in [0.717, 1.165) is 21.8 Å². The summed E-state index contributed by atoms with van der Waals surface area (Å²) in [6.45, 7) is 0. The molecular weight excluding hydrogens is 489 g/mol. The minimum atomic E-state index is -4.65. The second-order valence-electron chi connectivity index (χ2n) is 7.30. The van der Waals surface area contributed by atoms with Gasteiger partial charge in [-0.15, -0.1) is 11.8 Å². The Morgan fingerprint density at radius 2 is 1.79 bits per heavy atom. The Hall–Kier alpha value is -3.02. The molecule has 6 nitrogen and oxygen atoms in total. The number of benzene rings is 2. The molecule has 4 rings (SSSR count). The average Bonchev–Trinajstić information content (AvgIpc) is 3.22. The number of halogens is 3. The molecule has 0 bridgehead atoms. The van der Waals surface area contributed by atoms with Gasteiger partial charge in [-0.3, -0.25) is 0 Å². The quantitative estimate of drug-likeness (QED) is 0.365. The number of methoxy groups -OCH3 is 1. The van der Waals surface area contributed by atoms with Crippen molar-refractivity contribution in [3.8, 4) is 5.75 Å². The van der Waals surface area contributed by atoms with Gasteiger partial charge in [0.05, 0.1) is 29.5 Å². The molecule has 0 saturated carbocycles. The summed E-state index contributed by atoms with van der Waals surface area (Å²) in [6.07, 6.45) is -3.49. The van der Waals surface area contributed by atoms with Crippen molar-refractivity contribution in [2.24, 2.45) is 0 Å². The first-order valence-corrected chi connectivity index (χ1v) is 12.5. The van der Waals surface area contributed by atoms with E-state index in [1.807, 2.05) is 0 Å². The van der Waals surface area contributed by atoms with Gasteiger partial charge in [0.2, 0.25) is 0 Å². The monoisotopic (exact) mass is 508 g/mol. The summed E-state index contributed by atoms with van der Waals surface area (Å²) in [5, 5.41) is 11.5. The SMILES string of the molecule is COc1cnc2c(c1)cc(C(O)c1ccc(SC)c(C(F)(F)F)c1)n2S(=O)(=O)c1ccccc1. The molecule has 4 aromatic rings. The van der Waals surface area contributed by atoms with Crippen molar-refractivity contribution in [3.63, 3.8) is 0 Å². The van der Waals surface area contributed by atoms with Crippen LogP contribution in [0, 0.1) is 0 Å². The van der Waals surface area contributed by atoms with Gasteiger partial charge in [-0.2, -0.15) is 13.2 Å². The molecule has 0 fully saturated rings. The number of thioether (sulfide) groups is 1. The van der Waals surface area contributed by atoms with E-state index in [1.165, 1.54) is 56.0 Å². The van der Waals surface area contributed by atoms with Crippen molar-refractivity contribution in [2.75, 3.05) is 13.4 Å². The molecule has 0 saturated heterocycles. The Morgan fingerprint density at radius 1 is 1.09 bits per heavy atom. The highest BCUT2D eigenvalue weighted by Crippen LogP contribution is 2.39. The molecule has 1 N–H and O–H groups in total. The highest BCUT2D eigenvalue weighted by atomic mass is 32.2. The van der Waals surface area contributed by atoms with Gasteiger partial charge in [-0.1, -0.05) is 24.3 Å². The molecule has 2 heterocycles. The number of aliphatic hydroxyl groups excluding tert-OH is 1. The zero-order valence-electron chi connectivity index (χ0n) is 17.9. The number of alkyl halides is 3. The smallest absolute Gasteiger partial charge is 0.417 e. The van der Waals surface area contributed by atoms with Crippen LogP contribution in [0.15, 0.2) is 76.7 Å². The highest BCUT2D eigenvalue weighted by Gasteiger charge is 2.35. The first kappa shape index (κ1) is 24.1. The van der Waals surface area contributed by atoms with Gasteiger partial charge in [-0.05, 0) is 48.2 Å². The van der Waals surface area contributed by atoms with Gasteiger partial charge in [0.1, 0.15) is 11.9 Å².